The van der Waals surface area contributed by atoms with Gasteiger partial charge in [-0.25, -0.2) is 8.42 Å². The number of hydrogen-bond acceptors (Lipinski definition) is 6. The molecule has 138 valence electrons. The minimum Gasteiger partial charge on any atom is -0.399 e. The molecule has 0 unspecified atom stereocenters. The van der Waals surface area contributed by atoms with Crippen LogP contribution in [0.3, 0.4) is 0 Å². The standard InChI is InChI=1S/C17H26BNO4S2/c1-16(2)17(3,4)23-18(22-16)14-5-7-15(8-6-14)25(20,21)13-19-9-11-24-12-10-19/h5-8H,9-13H2,1-4H3. The lowest BCUT2D eigenvalue weighted by Crippen LogP contribution is -2.41. The van der Waals surface area contributed by atoms with Gasteiger partial charge in [-0.1, -0.05) is 12.1 Å². The molecule has 1 aromatic carbocycles. The van der Waals surface area contributed by atoms with Crippen LogP contribution in [0.2, 0.25) is 0 Å². The molecule has 0 spiro atoms. The predicted molar refractivity (Wildman–Crippen MR) is 103 cm³/mol. The van der Waals surface area contributed by atoms with Gasteiger partial charge in [0, 0.05) is 24.6 Å². The highest BCUT2D eigenvalue weighted by Crippen LogP contribution is 2.36. The SMILES string of the molecule is CC1(C)OB(c2ccc(S(=O)(=O)CN3CCSCC3)cc2)OC1(C)C. The molecule has 2 saturated heterocycles. The number of sulfone groups is 1. The lowest BCUT2D eigenvalue weighted by Gasteiger charge is -2.32. The van der Waals surface area contributed by atoms with Crippen molar-refractivity contribution in [2.45, 2.75) is 43.8 Å². The van der Waals surface area contributed by atoms with Crippen LogP contribution >= 0.6 is 11.8 Å². The van der Waals surface area contributed by atoms with Gasteiger partial charge in [0.25, 0.3) is 0 Å². The summed E-state index contributed by atoms with van der Waals surface area (Å²) in [6.45, 7) is 9.67. The summed E-state index contributed by atoms with van der Waals surface area (Å²) in [4.78, 5) is 2.36. The molecule has 0 aliphatic carbocycles. The van der Waals surface area contributed by atoms with E-state index in [9.17, 15) is 8.42 Å². The van der Waals surface area contributed by atoms with Crippen molar-refractivity contribution in [3.05, 3.63) is 24.3 Å². The van der Waals surface area contributed by atoms with Crippen LogP contribution in [0.1, 0.15) is 27.7 Å². The van der Waals surface area contributed by atoms with E-state index in [0.29, 0.717) is 4.90 Å². The van der Waals surface area contributed by atoms with E-state index in [-0.39, 0.29) is 5.88 Å². The van der Waals surface area contributed by atoms with Gasteiger partial charge in [0.1, 0.15) is 5.88 Å². The van der Waals surface area contributed by atoms with E-state index in [0.717, 1.165) is 30.1 Å². The van der Waals surface area contributed by atoms with Crippen LogP contribution in [-0.4, -0.2) is 62.1 Å². The molecule has 3 rings (SSSR count). The largest absolute Gasteiger partial charge is 0.494 e. The third-order valence-corrected chi connectivity index (χ3v) is 7.86. The molecule has 0 atom stereocenters. The zero-order valence-electron chi connectivity index (χ0n) is 15.3. The second-order valence-corrected chi connectivity index (χ2v) is 10.8. The van der Waals surface area contributed by atoms with Crippen molar-refractivity contribution >= 4 is 34.2 Å². The summed E-state index contributed by atoms with van der Waals surface area (Å²) in [6.07, 6.45) is 0. The Morgan fingerprint density at radius 2 is 1.56 bits per heavy atom. The molecule has 5 nitrogen and oxygen atoms in total. The molecule has 0 aromatic heterocycles. The summed E-state index contributed by atoms with van der Waals surface area (Å²) in [5.74, 6) is 2.08. The highest BCUT2D eigenvalue weighted by molar-refractivity contribution is 7.99. The van der Waals surface area contributed by atoms with Gasteiger partial charge < -0.3 is 9.31 Å². The molecule has 2 aliphatic rings. The molecule has 2 aliphatic heterocycles. The maximum absolute atomic E-state index is 12.6. The van der Waals surface area contributed by atoms with Crippen LogP contribution < -0.4 is 5.46 Å². The van der Waals surface area contributed by atoms with E-state index in [2.05, 4.69) is 0 Å². The van der Waals surface area contributed by atoms with Gasteiger partial charge in [-0.05, 0) is 45.3 Å². The quantitative estimate of drug-likeness (QED) is 0.739. The van der Waals surface area contributed by atoms with Crippen molar-refractivity contribution in [1.82, 2.24) is 4.90 Å². The van der Waals surface area contributed by atoms with Gasteiger partial charge >= 0.3 is 7.12 Å². The van der Waals surface area contributed by atoms with E-state index in [1.807, 2.05) is 44.4 Å². The number of nitrogens with zero attached hydrogens (tertiary/aromatic N) is 1. The van der Waals surface area contributed by atoms with E-state index in [1.165, 1.54) is 0 Å². The fourth-order valence-electron chi connectivity index (χ4n) is 2.86. The fraction of sp³-hybridized carbons (Fsp3) is 0.647. The second-order valence-electron chi connectivity index (χ2n) is 7.63. The maximum atomic E-state index is 12.6. The molecule has 0 N–H and O–H groups in total. The van der Waals surface area contributed by atoms with E-state index < -0.39 is 28.2 Å². The minimum absolute atomic E-state index is 0.0867. The molecule has 0 radical (unpaired) electrons. The van der Waals surface area contributed by atoms with Crippen molar-refractivity contribution in [1.29, 1.82) is 0 Å². The van der Waals surface area contributed by atoms with Crippen molar-refractivity contribution in [3.63, 3.8) is 0 Å². The average molecular weight is 383 g/mol. The van der Waals surface area contributed by atoms with Crippen LogP contribution in [0.15, 0.2) is 29.2 Å². The van der Waals surface area contributed by atoms with Gasteiger partial charge in [0.05, 0.1) is 16.1 Å². The van der Waals surface area contributed by atoms with Crippen molar-refractivity contribution in [3.8, 4) is 0 Å². The second kappa shape index (κ2) is 6.89. The first-order chi connectivity index (χ1) is 11.6. The van der Waals surface area contributed by atoms with Crippen LogP contribution in [0.25, 0.3) is 0 Å². The molecule has 0 saturated carbocycles. The first kappa shape index (κ1) is 19.2. The molecule has 8 heteroatoms. The van der Waals surface area contributed by atoms with Crippen molar-refractivity contribution in [2.75, 3.05) is 30.5 Å². The lowest BCUT2D eigenvalue weighted by molar-refractivity contribution is 0.00578. The predicted octanol–water partition coefficient (Wildman–Crippen LogP) is 1.77. The Morgan fingerprint density at radius 3 is 2.08 bits per heavy atom. The van der Waals surface area contributed by atoms with Gasteiger partial charge in [-0.2, -0.15) is 11.8 Å². The summed E-state index contributed by atoms with van der Waals surface area (Å²) in [6, 6.07) is 6.91. The van der Waals surface area contributed by atoms with Crippen molar-refractivity contribution < 1.29 is 17.7 Å². The van der Waals surface area contributed by atoms with Gasteiger partial charge in [0.15, 0.2) is 9.84 Å². The molecule has 2 heterocycles. The highest BCUT2D eigenvalue weighted by Gasteiger charge is 2.51. The maximum Gasteiger partial charge on any atom is 0.494 e. The van der Waals surface area contributed by atoms with Gasteiger partial charge in [-0.15, -0.1) is 0 Å². The summed E-state index contributed by atoms with van der Waals surface area (Å²) in [5, 5.41) is 0. The summed E-state index contributed by atoms with van der Waals surface area (Å²) in [5.41, 5.74) is 0.0237. The van der Waals surface area contributed by atoms with E-state index in [1.54, 1.807) is 24.3 Å². The van der Waals surface area contributed by atoms with Crippen LogP contribution in [0, 0.1) is 0 Å². The van der Waals surface area contributed by atoms with E-state index >= 15 is 0 Å². The zero-order chi connectivity index (χ0) is 18.3. The van der Waals surface area contributed by atoms with Crippen LogP contribution in [-0.2, 0) is 19.1 Å². The molecule has 25 heavy (non-hydrogen) atoms. The number of thioether (sulfide) groups is 1. The number of hydrogen-bond donors (Lipinski definition) is 0. The molecule has 2 fully saturated rings. The van der Waals surface area contributed by atoms with Gasteiger partial charge in [-0.3, -0.25) is 4.90 Å². The average Bonchev–Trinajstić information content (AvgIpc) is 2.76. The molecular formula is C17H26BNO4S2. The molecule has 1 aromatic rings. The Balaban J connectivity index is 1.72. The third kappa shape index (κ3) is 4.08. The van der Waals surface area contributed by atoms with Crippen molar-refractivity contribution in [2.24, 2.45) is 0 Å². The summed E-state index contributed by atoms with van der Waals surface area (Å²) >= 11 is 1.87. The first-order valence-corrected chi connectivity index (χ1v) is 11.4. The minimum atomic E-state index is -3.31. The van der Waals surface area contributed by atoms with Crippen LogP contribution in [0.5, 0.6) is 0 Å². The lowest BCUT2D eigenvalue weighted by atomic mass is 9.79. The number of benzene rings is 1. The molecule has 0 amide bonds. The number of rotatable bonds is 4. The zero-order valence-corrected chi connectivity index (χ0v) is 17.0. The first-order valence-electron chi connectivity index (χ1n) is 8.59. The Labute approximate surface area is 155 Å². The summed E-state index contributed by atoms with van der Waals surface area (Å²) in [7, 11) is -3.78. The topological polar surface area (TPSA) is 55.8 Å². The third-order valence-electron chi connectivity index (χ3n) is 5.22. The summed E-state index contributed by atoms with van der Waals surface area (Å²) < 4.78 is 37.3. The van der Waals surface area contributed by atoms with Gasteiger partial charge in [0.2, 0.25) is 0 Å². The smallest absolute Gasteiger partial charge is 0.399 e. The van der Waals surface area contributed by atoms with E-state index in [4.69, 9.17) is 9.31 Å². The molecular weight excluding hydrogens is 357 g/mol. The normalized spacial score (nSPS) is 23.8. The molecule has 0 bridgehead atoms. The fourth-order valence-corrected chi connectivity index (χ4v) is 5.27. The Kier molecular flexibility index (Phi) is 5.30. The Hall–Kier alpha value is -0.535. The Bertz CT molecular complexity index is 697. The highest BCUT2D eigenvalue weighted by atomic mass is 32.2. The van der Waals surface area contributed by atoms with Crippen LogP contribution in [0.4, 0.5) is 0 Å². The Morgan fingerprint density at radius 1 is 1.04 bits per heavy atom. The monoisotopic (exact) mass is 383 g/mol.